The lowest BCUT2D eigenvalue weighted by Gasteiger charge is -2.20. The Morgan fingerprint density at radius 1 is 0.864 bits per heavy atom. The Morgan fingerprint density at radius 3 is 2.36 bits per heavy atom. The van der Waals surface area contributed by atoms with Crippen molar-refractivity contribution in [2.75, 3.05) is 12.0 Å². The van der Waals surface area contributed by atoms with Crippen LogP contribution in [0.5, 0.6) is 0 Å². The largest absolute Gasteiger partial charge is 0.461 e. The second-order valence-corrected chi connectivity index (χ2v) is 11.6. The average molecular weight is 648 g/mol. The van der Waals surface area contributed by atoms with E-state index in [-0.39, 0.29) is 47.4 Å². The summed E-state index contributed by atoms with van der Waals surface area (Å²) in [6, 6.07) is 27.3. The van der Waals surface area contributed by atoms with Crippen molar-refractivity contribution in [2.45, 2.75) is 26.0 Å². The van der Waals surface area contributed by atoms with Crippen LogP contribution in [0, 0.1) is 0 Å². The smallest absolute Gasteiger partial charge is 0.306 e. The van der Waals surface area contributed by atoms with Gasteiger partial charge in [-0.25, -0.2) is 0 Å². The van der Waals surface area contributed by atoms with Gasteiger partial charge in [0.05, 0.1) is 23.7 Å². The number of esters is 1. The summed E-state index contributed by atoms with van der Waals surface area (Å²) in [5, 5.41) is 1.24. The van der Waals surface area contributed by atoms with Gasteiger partial charge in [-0.2, -0.15) is 0 Å². The number of rotatable bonds is 11. The number of nitrogen functional groups attached to an aromatic ring is 1. The van der Waals surface area contributed by atoms with Gasteiger partial charge in [0.2, 0.25) is 11.7 Å². The molecule has 1 heterocycles. The first-order chi connectivity index (χ1) is 21.2. The minimum atomic E-state index is -0.435. The summed E-state index contributed by atoms with van der Waals surface area (Å²) in [5.41, 5.74) is 10.8. The Bertz CT molecular complexity index is 1840. The fraction of sp³-hybridized carbons (Fsp3) is 0.147. The molecule has 5 aromatic rings. The number of nitrogens with zero attached hydrogens (tertiary/aromatic N) is 1. The van der Waals surface area contributed by atoms with Gasteiger partial charge in [0.1, 0.15) is 12.2 Å². The van der Waals surface area contributed by atoms with E-state index in [0.717, 1.165) is 22.3 Å². The molecule has 0 atom stereocenters. The molecule has 0 radical (unpaired) electrons. The molecule has 7 nitrogen and oxygen atoms in total. The first kappa shape index (κ1) is 31.2. The van der Waals surface area contributed by atoms with Crippen molar-refractivity contribution < 1.29 is 23.5 Å². The predicted octanol–water partition coefficient (Wildman–Crippen LogP) is 8.35. The third-order valence-corrected chi connectivity index (χ3v) is 8.30. The second kappa shape index (κ2) is 14.0. The van der Waals surface area contributed by atoms with Gasteiger partial charge in [-0.05, 0) is 58.7 Å². The molecule has 44 heavy (non-hydrogen) atoms. The molecular weight excluding hydrogens is 619 g/mol. The summed E-state index contributed by atoms with van der Waals surface area (Å²) >= 11 is 13.5. The Hall–Kier alpha value is -4.24. The van der Waals surface area contributed by atoms with Crippen LogP contribution in [-0.2, 0) is 27.5 Å². The molecule has 0 spiro atoms. The number of benzene rings is 4. The van der Waals surface area contributed by atoms with Crippen molar-refractivity contribution in [2.24, 2.45) is 0 Å². The minimum Gasteiger partial charge on any atom is -0.461 e. The van der Waals surface area contributed by atoms with E-state index in [1.165, 1.54) is 24.1 Å². The summed E-state index contributed by atoms with van der Waals surface area (Å²) in [5.74, 6) is -1.01. The van der Waals surface area contributed by atoms with Crippen molar-refractivity contribution in [1.29, 1.82) is 0 Å². The maximum Gasteiger partial charge on any atom is 0.306 e. The normalized spacial score (nSPS) is 11.0. The first-order valence-electron chi connectivity index (χ1n) is 13.7. The highest BCUT2D eigenvalue weighted by Crippen LogP contribution is 2.35. The summed E-state index contributed by atoms with van der Waals surface area (Å²) in [4.78, 5) is 38.3. The van der Waals surface area contributed by atoms with Crippen LogP contribution >= 0.6 is 35.1 Å². The fourth-order valence-electron chi connectivity index (χ4n) is 4.67. The molecule has 2 N–H and O–H groups in total. The van der Waals surface area contributed by atoms with Gasteiger partial charge < -0.3 is 14.9 Å². The van der Waals surface area contributed by atoms with Crippen molar-refractivity contribution in [1.82, 2.24) is 4.31 Å². The molecule has 4 aromatic carbocycles. The van der Waals surface area contributed by atoms with Crippen LogP contribution in [0.1, 0.15) is 40.1 Å². The van der Waals surface area contributed by atoms with E-state index in [9.17, 15) is 14.4 Å². The van der Waals surface area contributed by atoms with Gasteiger partial charge in [-0.15, -0.1) is 0 Å². The Kier molecular flexibility index (Phi) is 9.95. The Balaban J connectivity index is 1.26. The highest BCUT2D eigenvalue weighted by molar-refractivity contribution is 7.96. The Morgan fingerprint density at radius 2 is 1.61 bits per heavy atom. The zero-order chi connectivity index (χ0) is 31.2. The van der Waals surface area contributed by atoms with Crippen LogP contribution in [0.25, 0.3) is 22.1 Å². The standard InChI is InChI=1S/C34H28Cl2N2O5S/c1-44-38(30(39)14-15-31(40)42-20-21-6-3-2-4-7-21)19-22-8-5-9-23(16-22)24-10-12-27-29(17-24)43-34(32(27)37)33(41)26-13-11-25(35)18-28(26)36/h2-13,16-18H,14-15,19-20,37H2,1H3. The summed E-state index contributed by atoms with van der Waals surface area (Å²) in [7, 11) is 0. The predicted molar refractivity (Wildman–Crippen MR) is 175 cm³/mol. The number of anilines is 1. The zero-order valence-corrected chi connectivity index (χ0v) is 26.0. The molecule has 0 bridgehead atoms. The van der Waals surface area contributed by atoms with E-state index in [4.69, 9.17) is 38.1 Å². The molecule has 0 saturated carbocycles. The van der Waals surface area contributed by atoms with Gasteiger partial charge in [0.15, 0.2) is 5.76 Å². The van der Waals surface area contributed by atoms with E-state index in [0.29, 0.717) is 22.5 Å². The zero-order valence-electron chi connectivity index (χ0n) is 23.7. The lowest BCUT2D eigenvalue weighted by molar-refractivity contribution is -0.146. The van der Waals surface area contributed by atoms with E-state index in [2.05, 4.69) is 0 Å². The lowest BCUT2D eigenvalue weighted by atomic mass is 10.0. The maximum absolute atomic E-state index is 13.2. The van der Waals surface area contributed by atoms with Crippen LogP contribution in [-0.4, -0.2) is 28.2 Å². The number of hydrogen-bond donors (Lipinski definition) is 1. The van der Waals surface area contributed by atoms with E-state index >= 15 is 0 Å². The summed E-state index contributed by atoms with van der Waals surface area (Å²) in [6.07, 6.45) is 1.87. The van der Waals surface area contributed by atoms with Gasteiger partial charge in [-0.1, -0.05) is 89.7 Å². The topological polar surface area (TPSA) is 103 Å². The van der Waals surface area contributed by atoms with Gasteiger partial charge in [0.25, 0.3) is 0 Å². The number of hydrogen-bond acceptors (Lipinski definition) is 7. The quantitative estimate of drug-likeness (QED) is 0.0873. The van der Waals surface area contributed by atoms with Crippen LogP contribution in [0.15, 0.2) is 95.4 Å². The first-order valence-corrected chi connectivity index (χ1v) is 15.6. The molecule has 224 valence electrons. The number of fused-ring (bicyclic) bond motifs is 1. The minimum absolute atomic E-state index is 0.00374. The SMILES string of the molecule is CSN(Cc1cccc(-c2ccc3c(N)c(C(=O)c4ccc(Cl)cc4Cl)oc3c2)c1)C(=O)CCC(=O)OCc1ccccc1. The molecule has 1 aromatic heterocycles. The second-order valence-electron chi connectivity index (χ2n) is 9.97. The fourth-order valence-corrected chi connectivity index (χ4v) is 5.74. The molecule has 5 rings (SSSR count). The number of nitrogens with two attached hydrogens (primary N) is 1. The highest BCUT2D eigenvalue weighted by atomic mass is 35.5. The number of carbonyl (C=O) groups is 3. The molecule has 0 unspecified atom stereocenters. The number of ketones is 1. The molecule has 0 aliphatic rings. The summed E-state index contributed by atoms with van der Waals surface area (Å²) in [6.45, 7) is 0.529. The lowest BCUT2D eigenvalue weighted by Crippen LogP contribution is -2.24. The van der Waals surface area contributed by atoms with Crippen LogP contribution < -0.4 is 5.73 Å². The number of carbonyl (C=O) groups excluding carboxylic acids is 3. The highest BCUT2D eigenvalue weighted by Gasteiger charge is 2.23. The van der Waals surface area contributed by atoms with Crippen LogP contribution in [0.3, 0.4) is 0 Å². The van der Waals surface area contributed by atoms with Crippen molar-refractivity contribution in [3.8, 4) is 11.1 Å². The number of halogens is 2. The number of furan rings is 1. The van der Waals surface area contributed by atoms with E-state index < -0.39 is 11.8 Å². The van der Waals surface area contributed by atoms with E-state index in [1.54, 1.807) is 10.4 Å². The average Bonchev–Trinajstić information content (AvgIpc) is 3.37. The maximum atomic E-state index is 13.2. The number of ether oxygens (including phenoxy) is 1. The van der Waals surface area contributed by atoms with Gasteiger partial charge >= 0.3 is 5.97 Å². The molecule has 0 aliphatic carbocycles. The molecule has 1 amide bonds. The van der Waals surface area contributed by atoms with Gasteiger partial charge in [-0.3, -0.25) is 18.7 Å². The third kappa shape index (κ3) is 7.27. The number of amides is 1. The summed E-state index contributed by atoms with van der Waals surface area (Å²) < 4.78 is 12.9. The van der Waals surface area contributed by atoms with E-state index in [1.807, 2.05) is 79.1 Å². The van der Waals surface area contributed by atoms with Gasteiger partial charge in [0, 0.05) is 28.6 Å². The molecule has 0 fully saturated rings. The van der Waals surface area contributed by atoms with Crippen LogP contribution in [0.4, 0.5) is 5.69 Å². The Labute approximate surface area is 269 Å². The van der Waals surface area contributed by atoms with Crippen molar-refractivity contribution in [3.05, 3.63) is 123 Å². The molecule has 0 aliphatic heterocycles. The molecule has 10 heteroatoms. The monoisotopic (exact) mass is 646 g/mol. The molecular formula is C34H28Cl2N2O5S. The van der Waals surface area contributed by atoms with Crippen molar-refractivity contribution in [3.63, 3.8) is 0 Å². The molecule has 0 saturated heterocycles. The van der Waals surface area contributed by atoms with Crippen LogP contribution in [0.2, 0.25) is 10.0 Å². The van der Waals surface area contributed by atoms with Crippen molar-refractivity contribution >= 4 is 69.5 Å². The third-order valence-electron chi connectivity index (χ3n) is 6.98.